The first-order valence-corrected chi connectivity index (χ1v) is 11.9. The van der Waals surface area contributed by atoms with Crippen LogP contribution in [0.2, 0.25) is 0 Å². The van der Waals surface area contributed by atoms with Crippen LogP contribution in [-0.4, -0.2) is 51.5 Å². The largest absolute Gasteiger partial charge is 0.501 e. The first-order chi connectivity index (χ1) is 15.6. The number of rotatable bonds is 5. The van der Waals surface area contributed by atoms with Crippen molar-refractivity contribution < 1.29 is 17.9 Å². The minimum atomic E-state index is -3.77. The number of ether oxygens (including phenoxy) is 1. The number of nitrogens with one attached hydrogen (secondary N) is 1. The number of benzene rings is 1. The first kappa shape index (κ1) is 22.7. The van der Waals surface area contributed by atoms with E-state index in [0.717, 1.165) is 17.8 Å². The highest BCUT2D eigenvalue weighted by atomic mass is 32.2. The van der Waals surface area contributed by atoms with E-state index in [-0.39, 0.29) is 10.8 Å². The predicted octanol–water partition coefficient (Wildman–Crippen LogP) is 2.15. The van der Waals surface area contributed by atoms with Gasteiger partial charge >= 0.3 is 0 Å². The summed E-state index contributed by atoms with van der Waals surface area (Å²) in [7, 11) is 1.37. The lowest BCUT2D eigenvalue weighted by Crippen LogP contribution is -2.52. The number of carbonyl (C=O) groups is 1. The van der Waals surface area contributed by atoms with Crippen molar-refractivity contribution in [2.45, 2.75) is 24.3 Å². The van der Waals surface area contributed by atoms with Crippen LogP contribution in [0.5, 0.6) is 0 Å². The molecule has 4 rings (SSSR count). The summed E-state index contributed by atoms with van der Waals surface area (Å²) in [6.07, 6.45) is 6.34. The van der Waals surface area contributed by atoms with E-state index in [1.54, 1.807) is 37.4 Å². The number of sulfonamides is 1. The standard InChI is InChI=1S/C22H26N6O4S/c1-13-5-10-16(18(11-13)32-4)19-21(29)27(2)17-12-24-22(26-20(17)28(19)3)25-14-6-8-15(9-7-14)33(23,30)31/h5-10,12-13,19H,11H2,1-4H3,(H2,23,30,31)(H,24,25,26). The van der Waals surface area contributed by atoms with Gasteiger partial charge in [0, 0.05) is 31.8 Å². The van der Waals surface area contributed by atoms with Crippen molar-refractivity contribution in [3.05, 3.63) is 53.9 Å². The highest BCUT2D eigenvalue weighted by Crippen LogP contribution is 2.38. The maximum atomic E-state index is 13.3. The average Bonchev–Trinajstić information content (AvgIpc) is 2.78. The van der Waals surface area contributed by atoms with Crippen LogP contribution in [0.25, 0.3) is 0 Å². The lowest BCUT2D eigenvalue weighted by molar-refractivity contribution is -0.119. The highest BCUT2D eigenvalue weighted by Gasteiger charge is 2.40. The van der Waals surface area contributed by atoms with Crippen molar-refractivity contribution >= 4 is 39.1 Å². The Morgan fingerprint density at radius 2 is 1.91 bits per heavy atom. The normalized spacial score (nSPS) is 20.7. The second-order valence-electron chi connectivity index (χ2n) is 8.13. The van der Waals surface area contributed by atoms with Crippen LogP contribution in [0.4, 0.5) is 23.1 Å². The molecule has 1 amide bonds. The number of fused-ring (bicyclic) bond motifs is 1. The average molecular weight is 471 g/mol. The first-order valence-electron chi connectivity index (χ1n) is 10.3. The summed E-state index contributed by atoms with van der Waals surface area (Å²) >= 11 is 0. The molecule has 0 saturated heterocycles. The molecule has 10 nitrogen and oxygen atoms in total. The third kappa shape index (κ3) is 4.29. The van der Waals surface area contributed by atoms with Crippen molar-refractivity contribution in [2.24, 2.45) is 11.1 Å². The second-order valence-corrected chi connectivity index (χ2v) is 9.69. The molecule has 2 atom stereocenters. The quantitative estimate of drug-likeness (QED) is 0.680. The highest BCUT2D eigenvalue weighted by molar-refractivity contribution is 7.89. The number of anilines is 4. The number of nitrogens with zero attached hydrogens (tertiary/aromatic N) is 4. The second kappa shape index (κ2) is 8.49. The van der Waals surface area contributed by atoms with E-state index in [1.165, 1.54) is 12.1 Å². The smallest absolute Gasteiger partial charge is 0.254 e. The van der Waals surface area contributed by atoms with Gasteiger partial charge in [-0.3, -0.25) is 4.79 Å². The maximum absolute atomic E-state index is 13.3. The molecule has 33 heavy (non-hydrogen) atoms. The van der Waals surface area contributed by atoms with E-state index in [2.05, 4.69) is 28.3 Å². The molecule has 2 aromatic rings. The Hall–Kier alpha value is -3.44. The Labute approximate surface area is 192 Å². The molecular weight excluding hydrogens is 444 g/mol. The zero-order valence-corrected chi connectivity index (χ0v) is 19.6. The minimum Gasteiger partial charge on any atom is -0.501 e. The minimum absolute atomic E-state index is 0.0131. The van der Waals surface area contributed by atoms with Crippen LogP contribution in [0, 0.1) is 5.92 Å². The summed E-state index contributed by atoms with van der Waals surface area (Å²) < 4.78 is 28.5. The Balaban J connectivity index is 1.67. The van der Waals surface area contributed by atoms with Gasteiger partial charge in [0.15, 0.2) is 5.82 Å². The van der Waals surface area contributed by atoms with Gasteiger partial charge in [-0.25, -0.2) is 18.5 Å². The van der Waals surface area contributed by atoms with E-state index in [1.807, 2.05) is 18.0 Å². The van der Waals surface area contributed by atoms with Crippen LogP contribution in [0.1, 0.15) is 13.3 Å². The molecule has 11 heteroatoms. The summed E-state index contributed by atoms with van der Waals surface area (Å²) in [5.41, 5.74) is 1.99. The Morgan fingerprint density at radius 3 is 2.55 bits per heavy atom. The van der Waals surface area contributed by atoms with Crippen LogP contribution >= 0.6 is 0 Å². The fraction of sp³-hybridized carbons (Fsp3) is 0.318. The van der Waals surface area contributed by atoms with Crippen molar-refractivity contribution in [1.29, 1.82) is 0 Å². The molecule has 3 N–H and O–H groups in total. The SMILES string of the molecule is COC1=C(C2C(=O)N(C)c3cnc(Nc4ccc(S(N)(=O)=O)cc4)nc3N2C)C=CC(C)C1. The molecule has 1 aromatic carbocycles. The zero-order valence-electron chi connectivity index (χ0n) is 18.8. The lowest BCUT2D eigenvalue weighted by Gasteiger charge is -2.40. The summed E-state index contributed by atoms with van der Waals surface area (Å²) in [4.78, 5) is 25.6. The van der Waals surface area contributed by atoms with Crippen LogP contribution < -0.4 is 20.3 Å². The van der Waals surface area contributed by atoms with Gasteiger partial charge in [-0.15, -0.1) is 0 Å². The predicted molar refractivity (Wildman–Crippen MR) is 126 cm³/mol. The molecule has 1 aliphatic carbocycles. The van der Waals surface area contributed by atoms with Gasteiger partial charge in [-0.2, -0.15) is 4.98 Å². The summed E-state index contributed by atoms with van der Waals surface area (Å²) in [5, 5.41) is 8.21. The van der Waals surface area contributed by atoms with Crippen molar-refractivity contribution in [3.63, 3.8) is 0 Å². The van der Waals surface area contributed by atoms with Crippen molar-refractivity contribution in [3.8, 4) is 0 Å². The molecule has 174 valence electrons. The number of hydrogen-bond acceptors (Lipinski definition) is 8. The molecule has 0 bridgehead atoms. The summed E-state index contributed by atoms with van der Waals surface area (Å²) in [6, 6.07) is 5.38. The molecule has 2 unspecified atom stereocenters. The number of aromatic nitrogens is 2. The Kier molecular flexibility index (Phi) is 5.85. The van der Waals surface area contributed by atoms with Crippen molar-refractivity contribution in [2.75, 3.05) is 36.3 Å². The van der Waals surface area contributed by atoms with E-state index >= 15 is 0 Å². The molecule has 1 aromatic heterocycles. The summed E-state index contributed by atoms with van der Waals surface area (Å²) in [6.45, 7) is 2.10. The molecule has 0 spiro atoms. The van der Waals surface area contributed by atoms with Crippen molar-refractivity contribution in [1.82, 2.24) is 9.97 Å². The molecule has 0 radical (unpaired) electrons. The van der Waals surface area contributed by atoms with Gasteiger partial charge in [0.2, 0.25) is 16.0 Å². The number of nitrogens with two attached hydrogens (primary N) is 1. The third-order valence-corrected chi connectivity index (χ3v) is 6.74. The number of amides is 1. The van der Waals surface area contributed by atoms with E-state index < -0.39 is 16.1 Å². The molecular formula is C22H26N6O4S. The van der Waals surface area contributed by atoms with Gasteiger partial charge in [0.1, 0.15) is 17.5 Å². The Morgan fingerprint density at radius 1 is 1.21 bits per heavy atom. The van der Waals surface area contributed by atoms with Crippen LogP contribution in [0.3, 0.4) is 0 Å². The third-order valence-electron chi connectivity index (χ3n) is 5.81. The van der Waals surface area contributed by atoms with E-state index in [9.17, 15) is 13.2 Å². The number of hydrogen-bond donors (Lipinski definition) is 2. The molecule has 0 saturated carbocycles. The number of methoxy groups -OCH3 is 1. The zero-order chi connectivity index (χ0) is 23.9. The molecule has 1 aliphatic heterocycles. The monoisotopic (exact) mass is 470 g/mol. The summed E-state index contributed by atoms with van der Waals surface area (Å²) in [5.74, 6) is 1.90. The van der Waals surface area contributed by atoms with Gasteiger partial charge in [0.05, 0.1) is 18.2 Å². The van der Waals surface area contributed by atoms with Gasteiger partial charge in [-0.1, -0.05) is 19.1 Å². The number of carbonyl (C=O) groups excluding carboxylic acids is 1. The Bertz CT molecular complexity index is 1260. The number of likely N-dealkylation sites (N-methyl/N-ethyl adjacent to an activating group) is 2. The van der Waals surface area contributed by atoms with Gasteiger partial charge in [0.25, 0.3) is 5.91 Å². The van der Waals surface area contributed by atoms with Crippen LogP contribution in [0.15, 0.2) is 58.8 Å². The maximum Gasteiger partial charge on any atom is 0.254 e. The number of primary sulfonamides is 1. The molecule has 0 fully saturated rings. The van der Waals surface area contributed by atoms with E-state index in [4.69, 9.17) is 9.88 Å². The fourth-order valence-corrected chi connectivity index (χ4v) is 4.51. The van der Waals surface area contributed by atoms with Gasteiger partial charge in [-0.05, 0) is 30.2 Å². The lowest BCUT2D eigenvalue weighted by atomic mass is 9.90. The topological polar surface area (TPSA) is 131 Å². The molecule has 2 aliphatic rings. The van der Waals surface area contributed by atoms with Gasteiger partial charge < -0.3 is 19.9 Å². The fourth-order valence-electron chi connectivity index (χ4n) is 4.00. The number of allylic oxidation sites excluding steroid dienone is 2. The van der Waals surface area contributed by atoms with Crippen LogP contribution in [-0.2, 0) is 19.6 Å². The van der Waals surface area contributed by atoms with E-state index in [0.29, 0.717) is 29.1 Å². The molecule has 2 heterocycles.